The minimum atomic E-state index is -0.359. The molecule has 1 saturated heterocycles. The van der Waals surface area contributed by atoms with E-state index >= 15 is 0 Å². The SMILES string of the molecule is CCOC(=O)c1c(NC(=O)CN2CCC[C@H](C(=O)OCC)C2)sc2c1CCCC2. The van der Waals surface area contributed by atoms with Crippen LogP contribution in [0.15, 0.2) is 0 Å². The molecule has 1 atom stereocenters. The van der Waals surface area contributed by atoms with Crippen molar-refractivity contribution in [2.75, 3.05) is 38.2 Å². The van der Waals surface area contributed by atoms with E-state index in [1.165, 1.54) is 16.2 Å². The first kappa shape index (κ1) is 21.8. The quantitative estimate of drug-likeness (QED) is 0.680. The average molecular weight is 423 g/mol. The molecule has 0 radical (unpaired) electrons. The van der Waals surface area contributed by atoms with Crippen LogP contribution in [-0.4, -0.2) is 55.6 Å². The number of anilines is 1. The van der Waals surface area contributed by atoms with E-state index in [0.29, 0.717) is 30.3 Å². The molecule has 0 saturated carbocycles. The van der Waals surface area contributed by atoms with Crippen LogP contribution in [0.4, 0.5) is 5.00 Å². The Morgan fingerprint density at radius 1 is 1.10 bits per heavy atom. The predicted molar refractivity (Wildman–Crippen MR) is 111 cm³/mol. The lowest BCUT2D eigenvalue weighted by atomic mass is 9.95. The zero-order valence-corrected chi connectivity index (χ0v) is 18.1. The van der Waals surface area contributed by atoms with Gasteiger partial charge in [-0.25, -0.2) is 4.79 Å². The van der Waals surface area contributed by atoms with Crippen molar-refractivity contribution in [2.45, 2.75) is 52.4 Å². The van der Waals surface area contributed by atoms with E-state index in [1.807, 2.05) is 4.90 Å². The van der Waals surface area contributed by atoms with Gasteiger partial charge < -0.3 is 14.8 Å². The number of thiophene rings is 1. The first-order valence-electron chi connectivity index (χ1n) is 10.5. The molecule has 1 N–H and O–H groups in total. The summed E-state index contributed by atoms with van der Waals surface area (Å²) >= 11 is 1.49. The normalized spacial score (nSPS) is 19.3. The van der Waals surface area contributed by atoms with E-state index in [1.54, 1.807) is 13.8 Å². The number of fused-ring (bicyclic) bond motifs is 1. The van der Waals surface area contributed by atoms with Gasteiger partial charge in [0.15, 0.2) is 0 Å². The Morgan fingerprint density at radius 3 is 2.62 bits per heavy atom. The zero-order valence-electron chi connectivity index (χ0n) is 17.3. The summed E-state index contributed by atoms with van der Waals surface area (Å²) in [6, 6.07) is 0. The molecule has 0 aromatic carbocycles. The fraction of sp³-hybridized carbons (Fsp3) is 0.667. The second-order valence-electron chi connectivity index (χ2n) is 7.51. The van der Waals surface area contributed by atoms with Crippen molar-refractivity contribution < 1.29 is 23.9 Å². The molecule has 160 valence electrons. The number of hydrogen-bond donors (Lipinski definition) is 1. The molecule has 0 spiro atoms. The molecule has 1 aliphatic carbocycles. The van der Waals surface area contributed by atoms with E-state index in [4.69, 9.17) is 9.47 Å². The molecule has 29 heavy (non-hydrogen) atoms. The summed E-state index contributed by atoms with van der Waals surface area (Å²) in [5.74, 6) is -0.894. The largest absolute Gasteiger partial charge is 0.466 e. The van der Waals surface area contributed by atoms with Crippen molar-refractivity contribution in [3.63, 3.8) is 0 Å². The number of esters is 2. The van der Waals surface area contributed by atoms with E-state index in [9.17, 15) is 14.4 Å². The van der Waals surface area contributed by atoms with Crippen LogP contribution in [-0.2, 0) is 31.9 Å². The molecule has 1 fully saturated rings. The van der Waals surface area contributed by atoms with Gasteiger partial charge in [0.05, 0.1) is 31.2 Å². The summed E-state index contributed by atoms with van der Waals surface area (Å²) in [6.07, 6.45) is 5.59. The van der Waals surface area contributed by atoms with Gasteiger partial charge >= 0.3 is 11.9 Å². The number of carbonyl (C=O) groups is 3. The van der Waals surface area contributed by atoms with E-state index < -0.39 is 0 Å². The Hall–Kier alpha value is -1.93. The summed E-state index contributed by atoms with van der Waals surface area (Å²) in [5, 5.41) is 3.54. The summed E-state index contributed by atoms with van der Waals surface area (Å²) in [7, 11) is 0. The topological polar surface area (TPSA) is 84.9 Å². The third-order valence-corrected chi connectivity index (χ3v) is 6.60. The van der Waals surface area contributed by atoms with Crippen molar-refractivity contribution in [2.24, 2.45) is 5.92 Å². The van der Waals surface area contributed by atoms with Gasteiger partial charge in [-0.2, -0.15) is 0 Å². The van der Waals surface area contributed by atoms with Crippen LogP contribution in [0, 0.1) is 5.92 Å². The Bertz CT molecular complexity index is 760. The second-order valence-corrected chi connectivity index (χ2v) is 8.62. The van der Waals surface area contributed by atoms with Crippen LogP contribution in [0.5, 0.6) is 0 Å². The van der Waals surface area contributed by atoms with Gasteiger partial charge in [-0.15, -0.1) is 11.3 Å². The van der Waals surface area contributed by atoms with Crippen LogP contribution < -0.4 is 5.32 Å². The van der Waals surface area contributed by atoms with Gasteiger partial charge in [0, 0.05) is 11.4 Å². The van der Waals surface area contributed by atoms with Crippen LogP contribution >= 0.6 is 11.3 Å². The molecule has 0 bridgehead atoms. The number of amides is 1. The van der Waals surface area contributed by atoms with E-state index in [-0.39, 0.29) is 30.3 Å². The van der Waals surface area contributed by atoms with Gasteiger partial charge in [-0.1, -0.05) is 0 Å². The molecule has 1 aliphatic heterocycles. The highest BCUT2D eigenvalue weighted by Gasteiger charge is 2.30. The van der Waals surface area contributed by atoms with Crippen LogP contribution in [0.1, 0.15) is 60.3 Å². The average Bonchev–Trinajstić information content (AvgIpc) is 3.06. The highest BCUT2D eigenvalue weighted by Crippen LogP contribution is 2.38. The number of likely N-dealkylation sites (tertiary alicyclic amines) is 1. The summed E-state index contributed by atoms with van der Waals surface area (Å²) in [5.41, 5.74) is 1.57. The number of aryl methyl sites for hydroxylation is 1. The molecule has 7 nitrogen and oxygen atoms in total. The molecule has 8 heteroatoms. The van der Waals surface area contributed by atoms with Crippen molar-refractivity contribution in [3.05, 3.63) is 16.0 Å². The maximum atomic E-state index is 12.7. The minimum Gasteiger partial charge on any atom is -0.466 e. The first-order chi connectivity index (χ1) is 14.0. The van der Waals surface area contributed by atoms with Crippen LogP contribution in [0.3, 0.4) is 0 Å². The molecular formula is C21H30N2O5S. The maximum Gasteiger partial charge on any atom is 0.341 e. The highest BCUT2D eigenvalue weighted by atomic mass is 32.1. The summed E-state index contributed by atoms with van der Waals surface area (Å²) < 4.78 is 10.4. The lowest BCUT2D eigenvalue weighted by Gasteiger charge is -2.30. The lowest BCUT2D eigenvalue weighted by molar-refractivity contribution is -0.150. The van der Waals surface area contributed by atoms with Gasteiger partial charge in [-0.3, -0.25) is 14.5 Å². The van der Waals surface area contributed by atoms with Crippen molar-refractivity contribution in [1.29, 1.82) is 0 Å². The first-order valence-corrected chi connectivity index (χ1v) is 11.4. The molecular weight excluding hydrogens is 392 g/mol. The Labute approximate surface area is 175 Å². The monoisotopic (exact) mass is 422 g/mol. The van der Waals surface area contributed by atoms with Crippen molar-refractivity contribution in [1.82, 2.24) is 4.90 Å². The van der Waals surface area contributed by atoms with E-state index in [2.05, 4.69) is 5.32 Å². The number of ether oxygens (including phenoxy) is 2. The fourth-order valence-corrected chi connectivity index (χ4v) is 5.39. The predicted octanol–water partition coefficient (Wildman–Crippen LogP) is 3.02. The number of rotatable bonds is 7. The smallest absolute Gasteiger partial charge is 0.341 e. The number of piperidine rings is 1. The molecule has 2 heterocycles. The number of carbonyl (C=O) groups excluding carboxylic acids is 3. The number of hydrogen-bond acceptors (Lipinski definition) is 7. The van der Waals surface area contributed by atoms with Crippen LogP contribution in [0.25, 0.3) is 0 Å². The van der Waals surface area contributed by atoms with Gasteiger partial charge in [0.1, 0.15) is 5.00 Å². The van der Waals surface area contributed by atoms with Gasteiger partial charge in [0.2, 0.25) is 5.91 Å². The van der Waals surface area contributed by atoms with Crippen molar-refractivity contribution >= 4 is 34.2 Å². The fourth-order valence-electron chi connectivity index (χ4n) is 4.09. The van der Waals surface area contributed by atoms with Crippen molar-refractivity contribution in [3.8, 4) is 0 Å². The minimum absolute atomic E-state index is 0.168. The molecule has 1 aromatic heterocycles. The third kappa shape index (κ3) is 5.36. The Balaban J connectivity index is 1.66. The highest BCUT2D eigenvalue weighted by molar-refractivity contribution is 7.17. The second kappa shape index (κ2) is 10.2. The van der Waals surface area contributed by atoms with Gasteiger partial charge in [-0.05, 0) is 64.5 Å². The summed E-state index contributed by atoms with van der Waals surface area (Å²) in [6.45, 7) is 5.75. The Kier molecular flexibility index (Phi) is 7.66. The molecule has 2 aliphatic rings. The zero-order chi connectivity index (χ0) is 20.8. The summed E-state index contributed by atoms with van der Waals surface area (Å²) in [4.78, 5) is 40.4. The molecule has 0 unspecified atom stereocenters. The number of nitrogens with zero attached hydrogens (tertiary/aromatic N) is 1. The molecule has 3 rings (SSSR count). The molecule has 1 amide bonds. The molecule has 1 aromatic rings. The lowest BCUT2D eigenvalue weighted by Crippen LogP contribution is -2.43. The Morgan fingerprint density at radius 2 is 1.86 bits per heavy atom. The van der Waals surface area contributed by atoms with Gasteiger partial charge in [0.25, 0.3) is 0 Å². The third-order valence-electron chi connectivity index (χ3n) is 5.40. The standard InChI is InChI=1S/C21H30N2O5S/c1-3-27-20(25)14-8-7-11-23(12-14)13-17(24)22-19-18(21(26)28-4-2)15-9-5-6-10-16(15)29-19/h14H,3-13H2,1-2H3,(H,22,24)/t14-/m0/s1. The van der Waals surface area contributed by atoms with Crippen LogP contribution in [0.2, 0.25) is 0 Å². The maximum absolute atomic E-state index is 12.7. The number of nitrogens with one attached hydrogen (secondary N) is 1. The van der Waals surface area contributed by atoms with E-state index in [0.717, 1.165) is 50.6 Å².